The van der Waals surface area contributed by atoms with Crippen molar-refractivity contribution >= 4 is 22.6 Å². The molecule has 0 unspecified atom stereocenters. The van der Waals surface area contributed by atoms with Gasteiger partial charge in [0.25, 0.3) is 0 Å². The molecule has 1 N–H and O–H groups in total. The van der Waals surface area contributed by atoms with Crippen LogP contribution in [0.2, 0.25) is 0 Å². The SMILES string of the molecule is Cc1nc2ccc(NC(=O)CC34CC5CC(CC(C5)C3)C4)cc2nc1C. The zero-order valence-electron chi connectivity index (χ0n) is 15.7. The van der Waals surface area contributed by atoms with Gasteiger partial charge in [0.2, 0.25) is 5.91 Å². The molecule has 4 saturated carbocycles. The Morgan fingerprint density at radius 3 is 2.19 bits per heavy atom. The third kappa shape index (κ3) is 2.80. The molecule has 0 radical (unpaired) electrons. The van der Waals surface area contributed by atoms with Gasteiger partial charge in [0.1, 0.15) is 0 Å². The van der Waals surface area contributed by atoms with Crippen LogP contribution in [0.1, 0.15) is 56.3 Å². The lowest BCUT2D eigenvalue weighted by atomic mass is 9.49. The molecule has 1 amide bonds. The van der Waals surface area contributed by atoms with Crippen LogP contribution in [-0.2, 0) is 4.79 Å². The molecule has 0 aliphatic heterocycles. The number of amides is 1. The molecule has 4 bridgehead atoms. The number of hydrogen-bond acceptors (Lipinski definition) is 3. The highest BCUT2D eigenvalue weighted by atomic mass is 16.1. The van der Waals surface area contributed by atoms with Crippen molar-refractivity contribution in [2.45, 2.75) is 58.8 Å². The standard InChI is InChI=1S/C22H27N3O/c1-13-14(2)24-20-8-18(3-4-19(20)23-13)25-21(26)12-22-9-15-5-16(10-22)7-17(6-15)11-22/h3-4,8,15-17H,5-7,9-12H2,1-2H3,(H,25,26). The maximum atomic E-state index is 12.8. The van der Waals surface area contributed by atoms with Gasteiger partial charge in [0.05, 0.1) is 22.4 Å². The van der Waals surface area contributed by atoms with E-state index in [-0.39, 0.29) is 11.3 Å². The summed E-state index contributed by atoms with van der Waals surface area (Å²) in [4.78, 5) is 22.0. The number of hydrogen-bond donors (Lipinski definition) is 1. The minimum atomic E-state index is 0.170. The van der Waals surface area contributed by atoms with Crippen LogP contribution < -0.4 is 5.32 Å². The zero-order chi connectivity index (χ0) is 17.9. The van der Waals surface area contributed by atoms with Gasteiger partial charge in [-0.05, 0) is 93.7 Å². The highest BCUT2D eigenvalue weighted by Crippen LogP contribution is 2.61. The lowest BCUT2D eigenvalue weighted by Gasteiger charge is -2.56. The number of benzene rings is 1. The van der Waals surface area contributed by atoms with Crippen molar-refractivity contribution in [1.82, 2.24) is 9.97 Å². The number of nitrogens with one attached hydrogen (secondary N) is 1. The lowest BCUT2D eigenvalue weighted by Crippen LogP contribution is -2.47. The average molecular weight is 349 g/mol. The fourth-order valence-electron chi connectivity index (χ4n) is 6.36. The van der Waals surface area contributed by atoms with Gasteiger partial charge in [-0.15, -0.1) is 0 Å². The van der Waals surface area contributed by atoms with Crippen molar-refractivity contribution in [3.8, 4) is 0 Å². The Kier molecular flexibility index (Phi) is 3.60. The molecule has 0 spiro atoms. The van der Waals surface area contributed by atoms with Crippen LogP contribution in [0.15, 0.2) is 18.2 Å². The Morgan fingerprint density at radius 2 is 1.58 bits per heavy atom. The molecule has 1 aromatic heterocycles. The van der Waals surface area contributed by atoms with Crippen LogP contribution in [-0.4, -0.2) is 15.9 Å². The molecule has 4 fully saturated rings. The summed E-state index contributed by atoms with van der Waals surface area (Å²) in [7, 11) is 0. The predicted octanol–water partition coefficient (Wildman–Crippen LogP) is 4.79. The van der Waals surface area contributed by atoms with Crippen molar-refractivity contribution < 1.29 is 4.79 Å². The van der Waals surface area contributed by atoms with Gasteiger partial charge in [-0.2, -0.15) is 0 Å². The smallest absolute Gasteiger partial charge is 0.224 e. The fraction of sp³-hybridized carbons (Fsp3) is 0.591. The molecule has 1 heterocycles. The van der Waals surface area contributed by atoms with E-state index in [1.165, 1.54) is 38.5 Å². The van der Waals surface area contributed by atoms with Crippen molar-refractivity contribution in [3.63, 3.8) is 0 Å². The molecule has 6 rings (SSSR count). The summed E-state index contributed by atoms with van der Waals surface area (Å²) in [6.45, 7) is 3.95. The molecule has 136 valence electrons. The highest BCUT2D eigenvalue weighted by Gasteiger charge is 2.51. The van der Waals surface area contributed by atoms with Crippen LogP contribution in [0.3, 0.4) is 0 Å². The first-order valence-electron chi connectivity index (χ1n) is 10.0. The molecule has 4 heteroatoms. The van der Waals surface area contributed by atoms with E-state index in [9.17, 15) is 4.79 Å². The second kappa shape index (κ2) is 5.77. The lowest BCUT2D eigenvalue weighted by molar-refractivity contribution is -0.124. The molecule has 1 aromatic carbocycles. The Hall–Kier alpha value is -1.97. The number of rotatable bonds is 3. The van der Waals surface area contributed by atoms with E-state index in [1.807, 2.05) is 32.0 Å². The van der Waals surface area contributed by atoms with Crippen LogP contribution in [0, 0.1) is 37.0 Å². The molecule has 26 heavy (non-hydrogen) atoms. The van der Waals surface area contributed by atoms with E-state index >= 15 is 0 Å². The van der Waals surface area contributed by atoms with Gasteiger partial charge < -0.3 is 5.32 Å². The van der Waals surface area contributed by atoms with Gasteiger partial charge in [0.15, 0.2) is 0 Å². The average Bonchev–Trinajstić information content (AvgIpc) is 2.54. The minimum absolute atomic E-state index is 0.170. The van der Waals surface area contributed by atoms with Gasteiger partial charge in [-0.1, -0.05) is 0 Å². The van der Waals surface area contributed by atoms with E-state index in [4.69, 9.17) is 0 Å². The quantitative estimate of drug-likeness (QED) is 0.866. The molecular formula is C22H27N3O. The Labute approximate surface area is 154 Å². The first-order chi connectivity index (χ1) is 12.5. The summed E-state index contributed by atoms with van der Waals surface area (Å²) in [5, 5.41) is 3.14. The van der Waals surface area contributed by atoms with E-state index in [2.05, 4.69) is 15.3 Å². The van der Waals surface area contributed by atoms with Gasteiger partial charge in [0, 0.05) is 12.1 Å². The summed E-state index contributed by atoms with van der Waals surface area (Å²) in [6, 6.07) is 5.85. The van der Waals surface area contributed by atoms with Crippen molar-refractivity contribution in [2.75, 3.05) is 5.32 Å². The maximum Gasteiger partial charge on any atom is 0.224 e. The third-order valence-electron chi connectivity index (χ3n) is 7.06. The Bertz CT molecular complexity index is 853. The van der Waals surface area contributed by atoms with Crippen molar-refractivity contribution in [3.05, 3.63) is 29.6 Å². The first kappa shape index (κ1) is 16.2. The number of carbonyl (C=O) groups excluding carboxylic acids is 1. The van der Waals surface area contributed by atoms with Crippen LogP contribution in [0.5, 0.6) is 0 Å². The van der Waals surface area contributed by atoms with Crippen molar-refractivity contribution in [1.29, 1.82) is 0 Å². The zero-order valence-corrected chi connectivity index (χ0v) is 15.7. The van der Waals surface area contributed by atoms with Crippen LogP contribution in [0.25, 0.3) is 11.0 Å². The van der Waals surface area contributed by atoms with Gasteiger partial charge >= 0.3 is 0 Å². The summed E-state index contributed by atoms with van der Waals surface area (Å²) < 4.78 is 0. The number of carbonyl (C=O) groups is 1. The number of anilines is 1. The van der Waals surface area contributed by atoms with E-state index in [1.54, 1.807) is 0 Å². The predicted molar refractivity (Wildman–Crippen MR) is 103 cm³/mol. The highest BCUT2D eigenvalue weighted by molar-refractivity contribution is 5.93. The molecule has 4 nitrogen and oxygen atoms in total. The second-order valence-electron chi connectivity index (χ2n) is 9.24. The molecule has 0 saturated heterocycles. The monoisotopic (exact) mass is 349 g/mol. The van der Waals surface area contributed by atoms with Gasteiger partial charge in [-0.3, -0.25) is 4.79 Å². The maximum absolute atomic E-state index is 12.8. The van der Waals surface area contributed by atoms with Crippen LogP contribution in [0.4, 0.5) is 5.69 Å². The molecule has 2 aromatic rings. The Balaban J connectivity index is 1.33. The summed E-state index contributed by atoms with van der Waals surface area (Å²) >= 11 is 0. The second-order valence-corrected chi connectivity index (χ2v) is 9.24. The number of aryl methyl sites for hydroxylation is 2. The topological polar surface area (TPSA) is 54.9 Å². The summed E-state index contributed by atoms with van der Waals surface area (Å²) in [5.41, 5.74) is 4.74. The summed E-state index contributed by atoms with van der Waals surface area (Å²) in [5.74, 6) is 2.83. The molecule has 4 aliphatic carbocycles. The van der Waals surface area contributed by atoms with Crippen molar-refractivity contribution in [2.24, 2.45) is 23.2 Å². The Morgan fingerprint density at radius 1 is 1.00 bits per heavy atom. The molecular weight excluding hydrogens is 322 g/mol. The first-order valence-corrected chi connectivity index (χ1v) is 10.0. The summed E-state index contributed by atoms with van der Waals surface area (Å²) in [6.07, 6.45) is 8.76. The number of aromatic nitrogens is 2. The molecule has 4 aliphatic rings. The van der Waals surface area contributed by atoms with E-state index < -0.39 is 0 Å². The third-order valence-corrected chi connectivity index (χ3v) is 7.06. The fourth-order valence-corrected chi connectivity index (χ4v) is 6.36. The van der Waals surface area contributed by atoms with E-state index in [0.717, 1.165) is 45.9 Å². The largest absolute Gasteiger partial charge is 0.326 e. The van der Waals surface area contributed by atoms with E-state index in [0.29, 0.717) is 6.42 Å². The van der Waals surface area contributed by atoms with Gasteiger partial charge in [-0.25, -0.2) is 9.97 Å². The van der Waals surface area contributed by atoms with Crippen LogP contribution >= 0.6 is 0 Å². The number of nitrogens with zero attached hydrogens (tertiary/aromatic N) is 2. The molecule has 0 atom stereocenters. The minimum Gasteiger partial charge on any atom is -0.326 e. The normalized spacial score (nSPS) is 32.2. The number of fused-ring (bicyclic) bond motifs is 1.